The summed E-state index contributed by atoms with van der Waals surface area (Å²) in [6.45, 7) is 17.4. The fourth-order valence-corrected chi connectivity index (χ4v) is 5.78. The molecule has 0 unspecified atom stereocenters. The number of hydrogen-bond acceptors (Lipinski definition) is 3. The van der Waals surface area contributed by atoms with Gasteiger partial charge in [0, 0.05) is 33.8 Å². The Morgan fingerprint density at radius 1 is 0.690 bits per heavy atom. The van der Waals surface area contributed by atoms with Crippen molar-refractivity contribution in [3.05, 3.63) is 107 Å². The second-order valence-corrected chi connectivity index (χ2v) is 13.6. The average Bonchev–Trinajstić information content (AvgIpc) is 3.27. The molecule has 0 fully saturated rings. The molecule has 0 bridgehead atoms. The van der Waals surface area contributed by atoms with Gasteiger partial charge in [0.15, 0.2) is 0 Å². The minimum atomic E-state index is -0.0748. The number of hydrogen-bond donors (Lipinski definition) is 1. The van der Waals surface area contributed by atoms with Crippen molar-refractivity contribution in [1.29, 1.82) is 0 Å². The molecule has 0 aliphatic carbocycles. The molecule has 1 N–H and O–H groups in total. The molecule has 0 aliphatic heterocycles. The fourth-order valence-electron chi connectivity index (χ4n) is 5.78. The van der Waals surface area contributed by atoms with Crippen LogP contribution in [0.3, 0.4) is 0 Å². The molecule has 0 spiro atoms. The molecule has 0 atom stereocenters. The molecule has 212 valence electrons. The number of aromatic hydroxyl groups is 1. The lowest BCUT2D eigenvalue weighted by Gasteiger charge is -2.23. The summed E-state index contributed by atoms with van der Waals surface area (Å²) in [5, 5.41) is 13.2. The predicted octanol–water partition coefficient (Wildman–Crippen LogP) is 9.83. The third-order valence-electron chi connectivity index (χ3n) is 8.21. The van der Waals surface area contributed by atoms with E-state index in [4.69, 9.17) is 9.97 Å². The van der Waals surface area contributed by atoms with Crippen LogP contribution in [0.2, 0.25) is 0 Å². The Morgan fingerprint density at radius 2 is 1.43 bits per heavy atom. The predicted molar refractivity (Wildman–Crippen MR) is 176 cm³/mol. The summed E-state index contributed by atoms with van der Waals surface area (Å²) in [6.07, 6.45) is 1.92. The van der Waals surface area contributed by atoms with Gasteiger partial charge in [-0.05, 0) is 102 Å². The molecule has 0 aliphatic rings. The highest BCUT2D eigenvalue weighted by Crippen LogP contribution is 2.38. The first-order chi connectivity index (χ1) is 19.8. The molecule has 6 aromatic rings. The monoisotopic (exact) mass is 553 g/mol. The van der Waals surface area contributed by atoms with Crippen molar-refractivity contribution in [2.45, 2.75) is 66.2 Å². The number of aryl methyl sites for hydroxylation is 2. The number of benzene rings is 3. The summed E-state index contributed by atoms with van der Waals surface area (Å²) in [5.74, 6) is 0.275. The van der Waals surface area contributed by atoms with Gasteiger partial charge in [-0.1, -0.05) is 65.8 Å². The van der Waals surface area contributed by atoms with E-state index in [0.29, 0.717) is 0 Å². The molecular weight excluding hydrogens is 514 g/mol. The average molecular weight is 554 g/mol. The molecule has 0 saturated heterocycles. The minimum absolute atomic E-state index is 0.0228. The Hall–Kier alpha value is -4.44. The Kier molecular flexibility index (Phi) is 6.49. The Bertz CT molecular complexity index is 1980. The highest BCUT2D eigenvalue weighted by atomic mass is 16.3. The SMILES string of the molecule is Cc1cc(C)c(O)c(-c2ccc3c4ccccc4n(-c4cc(-c5cc(C(C)(C)C)ccn5)cc(C(C)(C)C)c4)c3n2)c1. The van der Waals surface area contributed by atoms with Crippen LogP contribution < -0.4 is 0 Å². The molecule has 4 heteroatoms. The van der Waals surface area contributed by atoms with Crippen LogP contribution in [0.15, 0.2) is 85.1 Å². The zero-order chi connectivity index (χ0) is 30.0. The van der Waals surface area contributed by atoms with Crippen molar-refractivity contribution in [3.63, 3.8) is 0 Å². The zero-order valence-electron chi connectivity index (χ0n) is 25.9. The highest BCUT2D eigenvalue weighted by molar-refractivity contribution is 6.08. The van der Waals surface area contributed by atoms with Crippen molar-refractivity contribution in [2.24, 2.45) is 0 Å². The summed E-state index contributed by atoms with van der Waals surface area (Å²) in [6, 6.07) is 27.8. The van der Waals surface area contributed by atoms with Gasteiger partial charge in [-0.15, -0.1) is 0 Å². The number of aromatic nitrogens is 3. The lowest BCUT2D eigenvalue weighted by molar-refractivity contribution is 0.473. The third-order valence-corrected chi connectivity index (χ3v) is 8.21. The van der Waals surface area contributed by atoms with Gasteiger partial charge in [-0.3, -0.25) is 9.55 Å². The molecule has 6 rings (SSSR count). The normalized spacial score (nSPS) is 12.4. The van der Waals surface area contributed by atoms with E-state index in [0.717, 1.165) is 61.3 Å². The van der Waals surface area contributed by atoms with Crippen molar-refractivity contribution >= 4 is 21.9 Å². The smallest absolute Gasteiger partial charge is 0.146 e. The molecule has 0 amide bonds. The fraction of sp³-hybridized carbons (Fsp3) is 0.263. The lowest BCUT2D eigenvalue weighted by Crippen LogP contribution is -2.13. The van der Waals surface area contributed by atoms with Crippen molar-refractivity contribution in [2.75, 3.05) is 0 Å². The van der Waals surface area contributed by atoms with Crippen LogP contribution >= 0.6 is 0 Å². The van der Waals surface area contributed by atoms with Crippen LogP contribution in [0.25, 0.3) is 50.1 Å². The maximum Gasteiger partial charge on any atom is 0.146 e. The molecule has 0 radical (unpaired) electrons. The summed E-state index contributed by atoms with van der Waals surface area (Å²) in [5.41, 5.74) is 10.9. The highest BCUT2D eigenvalue weighted by Gasteiger charge is 2.22. The lowest BCUT2D eigenvalue weighted by atomic mass is 9.84. The number of phenolic OH excluding ortho intramolecular Hbond substituents is 1. The molecule has 3 aromatic carbocycles. The van der Waals surface area contributed by atoms with Gasteiger partial charge >= 0.3 is 0 Å². The van der Waals surface area contributed by atoms with E-state index in [9.17, 15) is 5.11 Å². The number of phenols is 1. The molecule has 0 saturated carbocycles. The number of para-hydroxylation sites is 1. The van der Waals surface area contributed by atoms with Crippen molar-refractivity contribution in [1.82, 2.24) is 14.5 Å². The first kappa shape index (κ1) is 27.7. The number of fused-ring (bicyclic) bond motifs is 3. The van der Waals surface area contributed by atoms with E-state index < -0.39 is 0 Å². The van der Waals surface area contributed by atoms with Crippen LogP contribution in [0.4, 0.5) is 0 Å². The van der Waals surface area contributed by atoms with Gasteiger partial charge in [0.25, 0.3) is 0 Å². The molecule has 3 heterocycles. The summed E-state index contributed by atoms with van der Waals surface area (Å²) >= 11 is 0. The van der Waals surface area contributed by atoms with Gasteiger partial charge in [0.2, 0.25) is 0 Å². The minimum Gasteiger partial charge on any atom is -0.507 e. The topological polar surface area (TPSA) is 50.9 Å². The second kappa shape index (κ2) is 9.84. The van der Waals surface area contributed by atoms with Crippen LogP contribution in [-0.4, -0.2) is 19.6 Å². The van der Waals surface area contributed by atoms with Gasteiger partial charge in [-0.25, -0.2) is 4.98 Å². The van der Waals surface area contributed by atoms with Crippen LogP contribution in [0.5, 0.6) is 5.75 Å². The van der Waals surface area contributed by atoms with Crippen LogP contribution in [-0.2, 0) is 10.8 Å². The third kappa shape index (κ3) is 4.85. The summed E-state index contributed by atoms with van der Waals surface area (Å²) < 4.78 is 2.26. The van der Waals surface area contributed by atoms with E-state index in [1.54, 1.807) is 0 Å². The molecular formula is C38H39N3O. The van der Waals surface area contributed by atoms with Crippen LogP contribution in [0, 0.1) is 13.8 Å². The standard InChI is InChI=1S/C38H39N3O/c1-23-17-24(2)35(42)31(18-23)32-14-13-30-29-11-9-10-12-34(29)41(36(30)40-32)28-20-25(19-27(21-28)38(6,7)8)33-22-26(15-16-39-33)37(3,4)5/h9-22,42H,1-8H3. The zero-order valence-corrected chi connectivity index (χ0v) is 25.9. The molecule has 4 nitrogen and oxygen atoms in total. The Labute approximate surface area is 248 Å². The van der Waals surface area contributed by atoms with E-state index >= 15 is 0 Å². The quantitative estimate of drug-likeness (QED) is 0.237. The maximum absolute atomic E-state index is 11.0. The van der Waals surface area contributed by atoms with Crippen molar-refractivity contribution in [3.8, 4) is 34.0 Å². The van der Waals surface area contributed by atoms with E-state index in [2.05, 4.69) is 107 Å². The van der Waals surface area contributed by atoms with Gasteiger partial charge in [0.05, 0.1) is 16.9 Å². The molecule has 3 aromatic heterocycles. The Morgan fingerprint density at radius 3 is 2.17 bits per heavy atom. The number of rotatable bonds is 3. The Balaban J connectivity index is 1.66. The van der Waals surface area contributed by atoms with E-state index in [1.807, 2.05) is 38.2 Å². The summed E-state index contributed by atoms with van der Waals surface area (Å²) in [4.78, 5) is 10.1. The van der Waals surface area contributed by atoms with Gasteiger partial charge < -0.3 is 5.11 Å². The van der Waals surface area contributed by atoms with E-state index in [1.165, 1.54) is 11.1 Å². The van der Waals surface area contributed by atoms with Crippen LogP contribution in [0.1, 0.15) is 63.8 Å². The van der Waals surface area contributed by atoms with E-state index in [-0.39, 0.29) is 16.6 Å². The number of nitrogens with zero attached hydrogens (tertiary/aromatic N) is 3. The summed E-state index contributed by atoms with van der Waals surface area (Å²) in [7, 11) is 0. The van der Waals surface area contributed by atoms with Crippen molar-refractivity contribution < 1.29 is 5.11 Å². The maximum atomic E-state index is 11.0. The first-order valence-corrected chi connectivity index (χ1v) is 14.6. The second-order valence-electron chi connectivity index (χ2n) is 13.6. The molecule has 42 heavy (non-hydrogen) atoms. The largest absolute Gasteiger partial charge is 0.507 e. The first-order valence-electron chi connectivity index (χ1n) is 14.6. The van der Waals surface area contributed by atoms with Gasteiger partial charge in [0.1, 0.15) is 11.4 Å². The van der Waals surface area contributed by atoms with Gasteiger partial charge in [-0.2, -0.15) is 0 Å². The number of pyridine rings is 2.